The second kappa shape index (κ2) is 8.42. The summed E-state index contributed by atoms with van der Waals surface area (Å²) in [6.07, 6.45) is 7.13. The lowest BCUT2D eigenvalue weighted by atomic mass is 9.78. The predicted molar refractivity (Wildman–Crippen MR) is 118 cm³/mol. The standard InChI is InChI=1S/C23H32N4O5/c1-31-19-13-17(27-11-12-32-22(27)30)14-24-20(19)25-9-2-7-23(15-25)8-10-26(21(23)29)16-3-5-18(28)6-4-16/h13-14,16,18,28H,2-12,15H2,1H3/t16?,18?,23-/m1/s1. The second-order valence-corrected chi connectivity index (χ2v) is 9.50. The number of amides is 2. The van der Waals surface area contributed by atoms with E-state index >= 15 is 0 Å². The minimum absolute atomic E-state index is 0.216. The highest BCUT2D eigenvalue weighted by atomic mass is 16.6. The summed E-state index contributed by atoms with van der Waals surface area (Å²) < 4.78 is 10.7. The molecule has 9 nitrogen and oxygen atoms in total. The van der Waals surface area contributed by atoms with E-state index in [1.54, 1.807) is 18.2 Å². The summed E-state index contributed by atoms with van der Waals surface area (Å²) in [6.45, 7) is 3.12. The number of carbonyl (C=O) groups is 2. The van der Waals surface area contributed by atoms with Crippen molar-refractivity contribution in [3.05, 3.63) is 12.3 Å². The molecule has 0 radical (unpaired) electrons. The first kappa shape index (κ1) is 21.3. The summed E-state index contributed by atoms with van der Waals surface area (Å²) in [4.78, 5) is 36.0. The van der Waals surface area contributed by atoms with Crippen LogP contribution in [0.25, 0.3) is 0 Å². The second-order valence-electron chi connectivity index (χ2n) is 9.50. The quantitative estimate of drug-likeness (QED) is 0.760. The average molecular weight is 445 g/mol. The first-order chi connectivity index (χ1) is 15.5. The SMILES string of the molecule is COc1cc(N2CCOC2=O)cnc1N1CCC[C@@]2(CCN(C3CCC(O)CC3)C2=O)C1. The fourth-order valence-corrected chi connectivity index (χ4v) is 5.85. The van der Waals surface area contributed by atoms with Gasteiger partial charge in [0.25, 0.3) is 0 Å². The van der Waals surface area contributed by atoms with Crippen LogP contribution in [0.5, 0.6) is 5.75 Å². The van der Waals surface area contributed by atoms with Crippen LogP contribution in [0.3, 0.4) is 0 Å². The molecule has 3 saturated heterocycles. The number of methoxy groups -OCH3 is 1. The zero-order chi connectivity index (χ0) is 22.3. The number of nitrogens with zero attached hydrogens (tertiary/aromatic N) is 4. The van der Waals surface area contributed by atoms with Crippen LogP contribution in [-0.2, 0) is 9.53 Å². The molecule has 1 saturated carbocycles. The third kappa shape index (κ3) is 3.66. The molecule has 4 fully saturated rings. The Balaban J connectivity index is 1.34. The Hall–Kier alpha value is -2.55. The highest BCUT2D eigenvalue weighted by Crippen LogP contribution is 2.44. The first-order valence-corrected chi connectivity index (χ1v) is 11.7. The first-order valence-electron chi connectivity index (χ1n) is 11.7. The molecule has 174 valence electrons. The van der Waals surface area contributed by atoms with Crippen LogP contribution in [0.2, 0.25) is 0 Å². The van der Waals surface area contributed by atoms with E-state index in [1.165, 1.54) is 0 Å². The Morgan fingerprint density at radius 1 is 1.16 bits per heavy atom. The number of hydrogen-bond acceptors (Lipinski definition) is 7. The summed E-state index contributed by atoms with van der Waals surface area (Å²) >= 11 is 0. The van der Waals surface area contributed by atoms with Gasteiger partial charge < -0.3 is 24.4 Å². The van der Waals surface area contributed by atoms with Crippen molar-refractivity contribution in [2.75, 3.05) is 49.7 Å². The van der Waals surface area contributed by atoms with Crippen LogP contribution < -0.4 is 14.5 Å². The lowest BCUT2D eigenvalue weighted by Crippen LogP contribution is -2.50. The van der Waals surface area contributed by atoms with E-state index in [-0.39, 0.29) is 29.6 Å². The summed E-state index contributed by atoms with van der Waals surface area (Å²) in [5, 5.41) is 9.83. The molecule has 1 aliphatic carbocycles. The van der Waals surface area contributed by atoms with Gasteiger partial charge in [0.2, 0.25) is 5.91 Å². The zero-order valence-electron chi connectivity index (χ0n) is 18.7. The molecule has 1 N–H and O–H groups in total. The van der Waals surface area contributed by atoms with E-state index in [1.807, 2.05) is 6.07 Å². The van der Waals surface area contributed by atoms with Crippen LogP contribution in [-0.4, -0.2) is 79.0 Å². The summed E-state index contributed by atoms with van der Waals surface area (Å²) in [5.74, 6) is 1.58. The van der Waals surface area contributed by atoms with E-state index in [0.29, 0.717) is 31.1 Å². The molecule has 9 heteroatoms. The van der Waals surface area contributed by atoms with Crippen molar-refractivity contribution in [3.63, 3.8) is 0 Å². The van der Waals surface area contributed by atoms with Gasteiger partial charge in [-0.3, -0.25) is 9.69 Å². The Morgan fingerprint density at radius 3 is 2.69 bits per heavy atom. The number of hydrogen-bond donors (Lipinski definition) is 1. The molecule has 0 unspecified atom stereocenters. The van der Waals surface area contributed by atoms with Gasteiger partial charge in [-0.1, -0.05) is 0 Å². The summed E-state index contributed by atoms with van der Waals surface area (Å²) in [6, 6.07) is 2.08. The maximum atomic E-state index is 13.6. The number of aliphatic hydroxyl groups is 1. The number of anilines is 2. The van der Waals surface area contributed by atoms with Crippen molar-refractivity contribution < 1.29 is 24.2 Å². The molecule has 4 heterocycles. The van der Waals surface area contributed by atoms with Crippen LogP contribution in [0, 0.1) is 5.41 Å². The molecule has 0 aromatic carbocycles. The van der Waals surface area contributed by atoms with Crippen molar-refractivity contribution in [2.45, 2.75) is 57.1 Å². The Morgan fingerprint density at radius 2 is 1.97 bits per heavy atom. The molecule has 4 aliphatic rings. The number of piperidine rings is 1. The van der Waals surface area contributed by atoms with Crippen molar-refractivity contribution in [1.82, 2.24) is 9.88 Å². The van der Waals surface area contributed by atoms with E-state index < -0.39 is 0 Å². The van der Waals surface area contributed by atoms with Gasteiger partial charge >= 0.3 is 6.09 Å². The van der Waals surface area contributed by atoms with Crippen LogP contribution in [0.4, 0.5) is 16.3 Å². The fraction of sp³-hybridized carbons (Fsp3) is 0.696. The van der Waals surface area contributed by atoms with Gasteiger partial charge in [0.15, 0.2) is 11.6 Å². The Kier molecular flexibility index (Phi) is 5.61. The number of aromatic nitrogens is 1. The van der Waals surface area contributed by atoms with Crippen molar-refractivity contribution >= 4 is 23.5 Å². The summed E-state index contributed by atoms with van der Waals surface area (Å²) in [5.41, 5.74) is 0.278. The van der Waals surface area contributed by atoms with Gasteiger partial charge in [-0.15, -0.1) is 0 Å². The van der Waals surface area contributed by atoms with Gasteiger partial charge in [0.05, 0.1) is 37.1 Å². The number of pyridine rings is 1. The highest BCUT2D eigenvalue weighted by Gasteiger charge is 2.51. The molecule has 1 spiro atoms. The Bertz CT molecular complexity index is 887. The van der Waals surface area contributed by atoms with E-state index in [0.717, 1.165) is 63.9 Å². The maximum absolute atomic E-state index is 13.6. The number of cyclic esters (lactones) is 1. The largest absolute Gasteiger partial charge is 0.493 e. The third-order valence-corrected chi connectivity index (χ3v) is 7.64. The molecule has 5 rings (SSSR count). The van der Waals surface area contributed by atoms with Crippen LogP contribution >= 0.6 is 0 Å². The van der Waals surface area contributed by atoms with Crippen LogP contribution in [0.1, 0.15) is 44.9 Å². The molecule has 3 aliphatic heterocycles. The number of likely N-dealkylation sites (tertiary alicyclic amines) is 1. The molecular formula is C23H32N4O5. The molecule has 2 amide bonds. The van der Waals surface area contributed by atoms with Crippen molar-refractivity contribution in [2.24, 2.45) is 5.41 Å². The normalized spacial score (nSPS) is 30.9. The smallest absolute Gasteiger partial charge is 0.414 e. The van der Waals surface area contributed by atoms with E-state index in [9.17, 15) is 14.7 Å². The van der Waals surface area contributed by atoms with E-state index in [4.69, 9.17) is 9.47 Å². The minimum Gasteiger partial charge on any atom is -0.493 e. The third-order valence-electron chi connectivity index (χ3n) is 7.64. The number of carbonyl (C=O) groups excluding carboxylic acids is 2. The molecule has 1 atom stereocenters. The highest BCUT2D eigenvalue weighted by molar-refractivity contribution is 5.90. The van der Waals surface area contributed by atoms with Crippen molar-refractivity contribution in [3.8, 4) is 5.75 Å². The summed E-state index contributed by atoms with van der Waals surface area (Å²) in [7, 11) is 1.60. The van der Waals surface area contributed by atoms with Gasteiger partial charge in [0.1, 0.15) is 6.61 Å². The fourth-order valence-electron chi connectivity index (χ4n) is 5.85. The molecular weight excluding hydrogens is 412 g/mol. The van der Waals surface area contributed by atoms with Gasteiger partial charge in [-0.25, -0.2) is 9.78 Å². The lowest BCUT2D eigenvalue weighted by Gasteiger charge is -2.41. The molecule has 1 aromatic heterocycles. The molecule has 0 bridgehead atoms. The van der Waals surface area contributed by atoms with E-state index in [2.05, 4.69) is 14.8 Å². The molecule has 32 heavy (non-hydrogen) atoms. The lowest BCUT2D eigenvalue weighted by molar-refractivity contribution is -0.139. The number of ether oxygens (including phenoxy) is 2. The minimum atomic E-state index is -0.377. The average Bonchev–Trinajstić information content (AvgIpc) is 3.37. The maximum Gasteiger partial charge on any atom is 0.414 e. The Labute approximate surface area is 188 Å². The number of aliphatic hydroxyl groups excluding tert-OH is 1. The van der Waals surface area contributed by atoms with Gasteiger partial charge in [0, 0.05) is 31.7 Å². The monoisotopic (exact) mass is 444 g/mol. The molecule has 1 aromatic rings. The number of rotatable bonds is 4. The van der Waals surface area contributed by atoms with Gasteiger partial charge in [-0.05, 0) is 44.9 Å². The topological polar surface area (TPSA) is 95.4 Å². The zero-order valence-corrected chi connectivity index (χ0v) is 18.7. The predicted octanol–water partition coefficient (Wildman–Crippen LogP) is 2.17. The van der Waals surface area contributed by atoms with Crippen LogP contribution in [0.15, 0.2) is 12.3 Å². The van der Waals surface area contributed by atoms with Crippen molar-refractivity contribution in [1.29, 1.82) is 0 Å². The van der Waals surface area contributed by atoms with Gasteiger partial charge in [-0.2, -0.15) is 0 Å².